The fourth-order valence-electron chi connectivity index (χ4n) is 5.33. The predicted octanol–water partition coefficient (Wildman–Crippen LogP) is 6.27. The number of rotatable bonds is 14. The Bertz CT molecular complexity index is 1230. The first kappa shape index (κ1) is 28.4. The molecule has 0 fully saturated rings. The molecule has 0 aromatic heterocycles. The molecular weight excluding hydrogens is 488 g/mol. The number of nitrogens with one attached hydrogen (secondary N) is 2. The van der Waals surface area contributed by atoms with Gasteiger partial charge in [-0.2, -0.15) is 0 Å². The Labute approximate surface area is 233 Å². The van der Waals surface area contributed by atoms with Gasteiger partial charge in [0.25, 0.3) is 0 Å². The summed E-state index contributed by atoms with van der Waals surface area (Å²) in [6, 6.07) is 18.5. The summed E-state index contributed by atoms with van der Waals surface area (Å²) in [5.41, 5.74) is 6.11. The van der Waals surface area contributed by atoms with Crippen molar-refractivity contribution in [3.8, 4) is 23.0 Å². The summed E-state index contributed by atoms with van der Waals surface area (Å²) >= 11 is 0. The lowest BCUT2D eigenvalue weighted by atomic mass is 9.79. The zero-order valence-corrected chi connectivity index (χ0v) is 23.5. The third-order valence-electron chi connectivity index (χ3n) is 7.35. The Morgan fingerprint density at radius 1 is 1.00 bits per heavy atom. The van der Waals surface area contributed by atoms with Crippen molar-refractivity contribution in [3.05, 3.63) is 89.5 Å². The van der Waals surface area contributed by atoms with Crippen LogP contribution in [0.15, 0.2) is 67.3 Å². The number of aromatic hydroxyl groups is 1. The molecule has 2 atom stereocenters. The van der Waals surface area contributed by atoms with Crippen LogP contribution >= 0.6 is 0 Å². The Morgan fingerprint density at radius 2 is 1.77 bits per heavy atom. The molecule has 0 saturated carbocycles. The molecule has 1 aliphatic carbocycles. The molecule has 208 valence electrons. The second-order valence-electron chi connectivity index (χ2n) is 10.3. The van der Waals surface area contributed by atoms with Gasteiger partial charge < -0.3 is 30.0 Å². The van der Waals surface area contributed by atoms with Crippen LogP contribution < -0.4 is 24.8 Å². The van der Waals surface area contributed by atoms with Crippen LogP contribution in [0.4, 0.5) is 5.69 Å². The summed E-state index contributed by atoms with van der Waals surface area (Å²) < 4.78 is 17.2. The van der Waals surface area contributed by atoms with Gasteiger partial charge in [0.05, 0.1) is 14.2 Å². The Hall–Kier alpha value is -3.64. The molecular formula is C33H42N2O4. The first-order valence-electron chi connectivity index (χ1n) is 13.9. The van der Waals surface area contributed by atoms with E-state index in [2.05, 4.69) is 54.5 Å². The molecule has 0 bridgehead atoms. The van der Waals surface area contributed by atoms with Gasteiger partial charge in [0.15, 0.2) is 11.5 Å². The van der Waals surface area contributed by atoms with Gasteiger partial charge >= 0.3 is 0 Å². The minimum atomic E-state index is 0.204. The number of fused-ring (bicyclic) bond motifs is 1. The van der Waals surface area contributed by atoms with Crippen molar-refractivity contribution in [3.63, 3.8) is 0 Å². The van der Waals surface area contributed by atoms with Crippen LogP contribution in [0.25, 0.3) is 0 Å². The van der Waals surface area contributed by atoms with E-state index < -0.39 is 0 Å². The number of aryl methyl sites for hydroxylation is 1. The molecule has 3 aromatic rings. The summed E-state index contributed by atoms with van der Waals surface area (Å²) in [5, 5.41) is 17.0. The van der Waals surface area contributed by atoms with E-state index in [-0.39, 0.29) is 6.04 Å². The quantitative estimate of drug-likeness (QED) is 0.169. The topological polar surface area (TPSA) is 72.0 Å². The van der Waals surface area contributed by atoms with Crippen LogP contribution in [0, 0.1) is 0 Å². The Balaban J connectivity index is 1.42. The third kappa shape index (κ3) is 7.70. The van der Waals surface area contributed by atoms with Gasteiger partial charge in [-0.1, -0.05) is 24.3 Å². The molecule has 0 radical (unpaired) electrons. The summed E-state index contributed by atoms with van der Waals surface area (Å²) in [5.74, 6) is 3.04. The molecule has 0 aliphatic heterocycles. The van der Waals surface area contributed by atoms with E-state index in [1.165, 1.54) is 22.3 Å². The standard InChI is InChI=1S/C33H42N2O4/c1-5-6-15-34-16-17-39-29-13-7-24(8-14-29)18-23(2)35-31-22-33(38-4)32(37-3)21-30(31)27-10-9-26-20-28(36)12-11-25(26)19-27/h5,7-8,11-14,20-23,27,34-36H,1,6,9-10,15-19H2,2-4H3. The number of phenolic OH excluding ortho intramolecular Hbond substituents is 1. The maximum absolute atomic E-state index is 9.90. The molecule has 1 aliphatic rings. The van der Waals surface area contributed by atoms with Crippen molar-refractivity contribution >= 4 is 5.69 Å². The lowest BCUT2D eigenvalue weighted by molar-refractivity contribution is 0.314. The monoisotopic (exact) mass is 530 g/mol. The lowest BCUT2D eigenvalue weighted by Gasteiger charge is -2.29. The highest BCUT2D eigenvalue weighted by Crippen LogP contribution is 2.42. The van der Waals surface area contributed by atoms with Crippen LogP contribution in [-0.4, -0.2) is 45.1 Å². The van der Waals surface area contributed by atoms with Crippen LogP contribution in [0.1, 0.15) is 47.9 Å². The van der Waals surface area contributed by atoms with Gasteiger partial charge in [0.2, 0.25) is 0 Å². The third-order valence-corrected chi connectivity index (χ3v) is 7.35. The highest BCUT2D eigenvalue weighted by Gasteiger charge is 2.25. The maximum atomic E-state index is 9.90. The van der Waals surface area contributed by atoms with Crippen molar-refractivity contribution < 1.29 is 19.3 Å². The lowest BCUT2D eigenvalue weighted by Crippen LogP contribution is -2.22. The van der Waals surface area contributed by atoms with E-state index in [1.807, 2.05) is 24.3 Å². The largest absolute Gasteiger partial charge is 0.508 e. The first-order valence-corrected chi connectivity index (χ1v) is 13.9. The average Bonchev–Trinajstić information content (AvgIpc) is 2.95. The molecule has 3 aromatic carbocycles. The SMILES string of the molecule is C=CCCNCCOc1ccc(CC(C)Nc2cc(OC)c(OC)cc2C2CCc3cc(O)ccc3C2)cc1. The van der Waals surface area contributed by atoms with E-state index in [0.29, 0.717) is 18.3 Å². The minimum Gasteiger partial charge on any atom is -0.508 e. The van der Waals surface area contributed by atoms with Crippen molar-refractivity contribution in [2.45, 2.75) is 51.0 Å². The fourth-order valence-corrected chi connectivity index (χ4v) is 5.33. The fraction of sp³-hybridized carbons (Fsp3) is 0.394. The molecule has 6 heteroatoms. The van der Waals surface area contributed by atoms with Gasteiger partial charge in [-0.25, -0.2) is 0 Å². The molecule has 3 N–H and O–H groups in total. The molecule has 39 heavy (non-hydrogen) atoms. The number of ether oxygens (including phenoxy) is 3. The smallest absolute Gasteiger partial charge is 0.162 e. The molecule has 0 spiro atoms. The average molecular weight is 531 g/mol. The number of hydrogen-bond donors (Lipinski definition) is 3. The van der Waals surface area contributed by atoms with Gasteiger partial charge in [-0.15, -0.1) is 6.58 Å². The van der Waals surface area contributed by atoms with E-state index in [1.54, 1.807) is 20.3 Å². The first-order chi connectivity index (χ1) is 19.0. The van der Waals surface area contributed by atoms with Crippen LogP contribution in [0.2, 0.25) is 0 Å². The van der Waals surface area contributed by atoms with Crippen LogP contribution in [0.3, 0.4) is 0 Å². The minimum absolute atomic E-state index is 0.204. The number of benzene rings is 3. The van der Waals surface area contributed by atoms with Crippen molar-refractivity contribution in [2.75, 3.05) is 39.2 Å². The summed E-state index contributed by atoms with van der Waals surface area (Å²) in [6.45, 7) is 8.33. The van der Waals surface area contributed by atoms with E-state index in [0.717, 1.165) is 68.1 Å². The molecule has 0 saturated heterocycles. The second kappa shape index (κ2) is 13.9. The number of methoxy groups -OCH3 is 2. The molecule has 4 rings (SSSR count). The van der Waals surface area contributed by atoms with Crippen molar-refractivity contribution in [2.24, 2.45) is 0 Å². The number of phenols is 1. The zero-order chi connectivity index (χ0) is 27.6. The van der Waals surface area contributed by atoms with Gasteiger partial charge in [0, 0.05) is 24.3 Å². The molecule has 0 amide bonds. The van der Waals surface area contributed by atoms with Crippen molar-refractivity contribution in [1.29, 1.82) is 0 Å². The van der Waals surface area contributed by atoms with Crippen LogP contribution in [0.5, 0.6) is 23.0 Å². The van der Waals surface area contributed by atoms with Gasteiger partial charge in [0.1, 0.15) is 18.1 Å². The summed E-state index contributed by atoms with van der Waals surface area (Å²) in [7, 11) is 3.36. The summed E-state index contributed by atoms with van der Waals surface area (Å²) in [4.78, 5) is 0. The van der Waals surface area contributed by atoms with Crippen molar-refractivity contribution in [1.82, 2.24) is 5.32 Å². The normalized spacial score (nSPS) is 15.2. The van der Waals surface area contributed by atoms with E-state index >= 15 is 0 Å². The highest BCUT2D eigenvalue weighted by atomic mass is 16.5. The molecule has 0 heterocycles. The van der Waals surface area contributed by atoms with Gasteiger partial charge in [-0.3, -0.25) is 0 Å². The second-order valence-corrected chi connectivity index (χ2v) is 10.3. The Morgan fingerprint density at radius 3 is 2.51 bits per heavy atom. The van der Waals surface area contributed by atoms with E-state index in [4.69, 9.17) is 14.2 Å². The zero-order valence-electron chi connectivity index (χ0n) is 23.5. The molecule has 6 nitrogen and oxygen atoms in total. The molecule has 2 unspecified atom stereocenters. The van der Waals surface area contributed by atoms with Gasteiger partial charge in [-0.05, 0) is 104 Å². The number of anilines is 1. The maximum Gasteiger partial charge on any atom is 0.162 e. The highest BCUT2D eigenvalue weighted by molar-refractivity contribution is 5.63. The Kier molecular flexibility index (Phi) is 10.1. The van der Waals surface area contributed by atoms with E-state index in [9.17, 15) is 5.11 Å². The number of hydrogen-bond acceptors (Lipinski definition) is 6. The summed E-state index contributed by atoms with van der Waals surface area (Å²) in [6.07, 6.45) is 6.64. The predicted molar refractivity (Wildman–Crippen MR) is 159 cm³/mol. The van der Waals surface area contributed by atoms with Crippen LogP contribution in [-0.2, 0) is 19.3 Å².